The zero-order chi connectivity index (χ0) is 18.9. The molecule has 9 nitrogen and oxygen atoms in total. The largest absolute Gasteiger partial charge is 0.457 e. The molecule has 2 aromatic carbocycles. The second-order valence-corrected chi connectivity index (χ2v) is 6.12. The lowest BCUT2D eigenvalue weighted by Crippen LogP contribution is -2.54. The Morgan fingerprint density at radius 1 is 1.04 bits per heavy atom. The Morgan fingerprint density at radius 2 is 1.58 bits per heavy atom. The summed E-state index contributed by atoms with van der Waals surface area (Å²) in [6.07, 6.45) is 0. The van der Waals surface area contributed by atoms with E-state index >= 15 is 0 Å². The summed E-state index contributed by atoms with van der Waals surface area (Å²) in [6, 6.07) is 13.0. The Balaban J connectivity index is 1.78. The van der Waals surface area contributed by atoms with Crippen molar-refractivity contribution in [3.05, 3.63) is 58.6 Å². The number of benzene rings is 2. The van der Waals surface area contributed by atoms with Crippen molar-refractivity contribution in [3.63, 3.8) is 0 Å². The number of hydrogen-bond acceptors (Lipinski definition) is 8. The fraction of sp³-hybridized carbons (Fsp3) is 0.176. The summed E-state index contributed by atoms with van der Waals surface area (Å²) < 4.78 is 5.70. The van der Waals surface area contributed by atoms with Gasteiger partial charge < -0.3 is 16.2 Å². The number of aliphatic imine (C=N–C) groups is 2. The van der Waals surface area contributed by atoms with Gasteiger partial charge in [0.05, 0.1) is 4.92 Å². The third-order valence-electron chi connectivity index (χ3n) is 3.77. The molecule has 9 heteroatoms. The summed E-state index contributed by atoms with van der Waals surface area (Å²) in [7, 11) is 0. The minimum absolute atomic E-state index is 0.00891. The van der Waals surface area contributed by atoms with Gasteiger partial charge >= 0.3 is 0 Å². The van der Waals surface area contributed by atoms with Crippen LogP contribution in [0.15, 0.2) is 58.5 Å². The third kappa shape index (κ3) is 3.41. The van der Waals surface area contributed by atoms with Crippen molar-refractivity contribution in [3.8, 4) is 11.5 Å². The minimum atomic E-state index is -0.670. The predicted molar refractivity (Wildman–Crippen MR) is 99.4 cm³/mol. The molecule has 0 unspecified atom stereocenters. The molecular weight excluding hydrogens is 336 g/mol. The number of nitrogens with two attached hydrogens (primary N) is 2. The van der Waals surface area contributed by atoms with E-state index in [1.807, 2.05) is 26.0 Å². The smallest absolute Gasteiger partial charge is 0.269 e. The van der Waals surface area contributed by atoms with Crippen LogP contribution in [0.4, 0.5) is 11.4 Å². The minimum Gasteiger partial charge on any atom is -0.457 e. The topological polar surface area (TPSA) is 132 Å². The number of nitro benzene ring substituents is 1. The van der Waals surface area contributed by atoms with Crippen LogP contribution in [0.3, 0.4) is 0 Å². The molecule has 0 atom stereocenters. The molecule has 1 aliphatic heterocycles. The summed E-state index contributed by atoms with van der Waals surface area (Å²) in [5.41, 5.74) is 11.8. The summed E-state index contributed by atoms with van der Waals surface area (Å²) in [5, 5.41) is 10.7. The highest BCUT2D eigenvalue weighted by Gasteiger charge is 2.32. The van der Waals surface area contributed by atoms with Crippen molar-refractivity contribution >= 4 is 23.3 Å². The molecule has 1 heterocycles. The van der Waals surface area contributed by atoms with Crippen LogP contribution in [-0.2, 0) is 0 Å². The number of anilines is 1. The maximum Gasteiger partial charge on any atom is 0.269 e. The normalized spacial score (nSPS) is 15.8. The molecule has 0 amide bonds. The molecule has 1 aliphatic rings. The highest BCUT2D eigenvalue weighted by molar-refractivity contribution is 6.05. The Hall–Kier alpha value is -3.62. The second-order valence-electron chi connectivity index (χ2n) is 6.12. The number of rotatable bonds is 4. The van der Waals surface area contributed by atoms with Crippen LogP contribution in [0.1, 0.15) is 13.8 Å². The molecule has 134 valence electrons. The molecule has 4 N–H and O–H groups in total. The molecule has 0 saturated carbocycles. The molecule has 3 rings (SSSR count). The Bertz CT molecular complexity index is 888. The van der Waals surface area contributed by atoms with E-state index in [1.54, 1.807) is 29.2 Å². The highest BCUT2D eigenvalue weighted by Crippen LogP contribution is 2.30. The molecule has 0 radical (unpaired) electrons. The number of ether oxygens (including phenoxy) is 1. The number of nitrogens with zero attached hydrogens (tertiary/aromatic N) is 4. The van der Waals surface area contributed by atoms with E-state index < -0.39 is 10.6 Å². The maximum absolute atomic E-state index is 10.7. The zero-order valence-electron chi connectivity index (χ0n) is 14.3. The van der Waals surface area contributed by atoms with E-state index in [9.17, 15) is 10.1 Å². The van der Waals surface area contributed by atoms with Gasteiger partial charge in [0.25, 0.3) is 5.69 Å². The van der Waals surface area contributed by atoms with Gasteiger partial charge in [0.15, 0.2) is 0 Å². The summed E-state index contributed by atoms with van der Waals surface area (Å²) in [5.74, 6) is 1.48. The first-order valence-electron chi connectivity index (χ1n) is 7.78. The standard InChI is InChI=1S/C17H18N6O3/c1-17(2)21-15(18)20-16(19)22(17)11-3-7-13(8-4-11)26-14-9-5-12(6-10-14)23(24)25/h3-10H,1-2H3,(H4,18,19,20,21). The lowest BCUT2D eigenvalue weighted by atomic mass is 10.1. The maximum atomic E-state index is 10.7. The lowest BCUT2D eigenvalue weighted by Gasteiger charge is -2.38. The van der Waals surface area contributed by atoms with Crippen LogP contribution in [0.5, 0.6) is 11.5 Å². The van der Waals surface area contributed by atoms with Gasteiger partial charge in [-0.3, -0.25) is 15.0 Å². The Morgan fingerprint density at radius 3 is 2.08 bits per heavy atom. The van der Waals surface area contributed by atoms with Gasteiger partial charge in [-0.25, -0.2) is 4.99 Å². The third-order valence-corrected chi connectivity index (χ3v) is 3.77. The van der Waals surface area contributed by atoms with Crippen LogP contribution < -0.4 is 21.1 Å². The fourth-order valence-corrected chi connectivity index (χ4v) is 2.69. The lowest BCUT2D eigenvalue weighted by molar-refractivity contribution is -0.384. The van der Waals surface area contributed by atoms with Gasteiger partial charge in [0.2, 0.25) is 11.9 Å². The molecule has 0 spiro atoms. The average Bonchev–Trinajstić information content (AvgIpc) is 2.55. The van der Waals surface area contributed by atoms with Crippen LogP contribution in [-0.4, -0.2) is 22.5 Å². The van der Waals surface area contributed by atoms with Gasteiger partial charge in [-0.1, -0.05) is 0 Å². The van der Waals surface area contributed by atoms with Crippen LogP contribution in [0.2, 0.25) is 0 Å². The fourth-order valence-electron chi connectivity index (χ4n) is 2.69. The van der Waals surface area contributed by atoms with Gasteiger partial charge in [-0.15, -0.1) is 0 Å². The molecule has 0 bridgehead atoms. The molecule has 26 heavy (non-hydrogen) atoms. The number of hydrogen-bond donors (Lipinski definition) is 2. The highest BCUT2D eigenvalue weighted by atomic mass is 16.6. The number of non-ortho nitro benzene ring substituents is 1. The molecule has 0 aliphatic carbocycles. The molecule has 2 aromatic rings. The van der Waals surface area contributed by atoms with Crippen molar-refractivity contribution in [2.75, 3.05) is 4.90 Å². The zero-order valence-corrected chi connectivity index (χ0v) is 14.3. The second kappa shape index (κ2) is 6.36. The summed E-state index contributed by atoms with van der Waals surface area (Å²) in [6.45, 7) is 3.76. The summed E-state index contributed by atoms with van der Waals surface area (Å²) in [4.78, 5) is 20.3. The quantitative estimate of drug-likeness (QED) is 0.640. The van der Waals surface area contributed by atoms with Crippen molar-refractivity contribution in [2.45, 2.75) is 19.5 Å². The van der Waals surface area contributed by atoms with Crippen molar-refractivity contribution < 1.29 is 9.66 Å². The number of guanidine groups is 2. The van der Waals surface area contributed by atoms with Crippen LogP contribution >= 0.6 is 0 Å². The summed E-state index contributed by atoms with van der Waals surface area (Å²) >= 11 is 0. The first-order valence-corrected chi connectivity index (χ1v) is 7.78. The average molecular weight is 354 g/mol. The van der Waals surface area contributed by atoms with Crippen molar-refractivity contribution in [1.82, 2.24) is 0 Å². The van der Waals surface area contributed by atoms with E-state index in [0.717, 1.165) is 5.69 Å². The predicted octanol–water partition coefficient (Wildman–Crippen LogP) is 2.57. The van der Waals surface area contributed by atoms with Gasteiger partial charge in [0.1, 0.15) is 17.2 Å². The van der Waals surface area contributed by atoms with Gasteiger partial charge in [-0.2, -0.15) is 4.99 Å². The molecule has 0 fully saturated rings. The van der Waals surface area contributed by atoms with Crippen LogP contribution in [0, 0.1) is 10.1 Å². The van der Waals surface area contributed by atoms with E-state index in [0.29, 0.717) is 11.5 Å². The Kier molecular flexibility index (Phi) is 4.21. The van der Waals surface area contributed by atoms with Crippen molar-refractivity contribution in [1.29, 1.82) is 0 Å². The monoisotopic (exact) mass is 354 g/mol. The van der Waals surface area contributed by atoms with E-state index in [1.165, 1.54) is 12.1 Å². The van der Waals surface area contributed by atoms with E-state index in [-0.39, 0.29) is 17.6 Å². The SMILES string of the molecule is CC1(C)N=C(N)N=C(N)N1c1ccc(Oc2ccc([N+](=O)[O-])cc2)cc1. The van der Waals surface area contributed by atoms with Gasteiger partial charge in [-0.05, 0) is 50.2 Å². The van der Waals surface area contributed by atoms with E-state index in [2.05, 4.69) is 9.98 Å². The molecule has 0 saturated heterocycles. The van der Waals surface area contributed by atoms with Gasteiger partial charge in [0, 0.05) is 17.8 Å². The van der Waals surface area contributed by atoms with Crippen molar-refractivity contribution in [2.24, 2.45) is 21.5 Å². The van der Waals surface area contributed by atoms with Crippen LogP contribution in [0.25, 0.3) is 0 Å². The Labute approximate surface area is 149 Å². The van der Waals surface area contributed by atoms with E-state index in [4.69, 9.17) is 16.2 Å². The first kappa shape index (κ1) is 17.2. The number of nitro groups is 1. The molecular formula is C17H18N6O3. The first-order chi connectivity index (χ1) is 12.3. The molecule has 0 aromatic heterocycles.